The summed E-state index contributed by atoms with van der Waals surface area (Å²) in [4.78, 5) is 22.1. The van der Waals surface area contributed by atoms with E-state index in [-0.39, 0.29) is 12.7 Å². The number of aliphatic hydroxyl groups excluding tert-OH is 1. The number of carbonyl (C=O) groups excluding carboxylic acids is 1. The molecule has 4 bridgehead atoms. The van der Waals surface area contributed by atoms with Crippen molar-refractivity contribution >= 4 is 17.0 Å². The zero-order chi connectivity index (χ0) is 30.9. The number of nitriles is 1. The number of aliphatic hydroxyl groups is 1. The van der Waals surface area contributed by atoms with Crippen molar-refractivity contribution in [1.82, 2.24) is 14.5 Å². The van der Waals surface area contributed by atoms with Crippen LogP contribution in [0.3, 0.4) is 0 Å². The molecule has 1 N–H and O–H groups in total. The number of imidazole rings is 1. The minimum Gasteiger partial charge on any atom is -0.473 e. The van der Waals surface area contributed by atoms with Crippen molar-refractivity contribution in [2.24, 2.45) is 0 Å². The lowest BCUT2D eigenvalue weighted by Crippen LogP contribution is -2.31. The summed E-state index contributed by atoms with van der Waals surface area (Å²) in [6.45, 7) is 1.61. The number of aryl methyl sites for hydroxylation is 1. The quantitative estimate of drug-likeness (QED) is 0.256. The van der Waals surface area contributed by atoms with Gasteiger partial charge in [0.25, 0.3) is 0 Å². The molecule has 7 rings (SSSR count). The summed E-state index contributed by atoms with van der Waals surface area (Å²) >= 11 is 0. The second-order valence-electron chi connectivity index (χ2n) is 11.5. The Hall–Kier alpha value is -5.04. The average Bonchev–Trinajstić information content (AvgIpc) is 3.39. The van der Waals surface area contributed by atoms with E-state index in [1.54, 1.807) is 18.2 Å². The van der Waals surface area contributed by atoms with Crippen LogP contribution in [-0.2, 0) is 35.5 Å². The molecule has 1 fully saturated rings. The lowest BCUT2D eigenvalue weighted by atomic mass is 9.92. The molecule has 45 heavy (non-hydrogen) atoms. The molecule has 226 valence electrons. The highest BCUT2D eigenvalue weighted by Crippen LogP contribution is 2.31. The molecular formula is C36H32N4O5. The maximum absolute atomic E-state index is 12.3. The van der Waals surface area contributed by atoms with Gasteiger partial charge in [-0.05, 0) is 84.0 Å². The van der Waals surface area contributed by atoms with Crippen LogP contribution in [0.25, 0.3) is 22.3 Å². The van der Waals surface area contributed by atoms with Gasteiger partial charge in [0.15, 0.2) is 0 Å². The van der Waals surface area contributed by atoms with Crippen LogP contribution in [0.1, 0.15) is 62.9 Å². The summed E-state index contributed by atoms with van der Waals surface area (Å²) in [5.74, 6) is 0.964. The molecule has 1 unspecified atom stereocenters. The fourth-order valence-electron chi connectivity index (χ4n) is 6.11. The molecule has 0 radical (unpaired) electrons. The van der Waals surface area contributed by atoms with E-state index in [1.807, 2.05) is 36.4 Å². The van der Waals surface area contributed by atoms with Crippen LogP contribution in [0.2, 0.25) is 0 Å². The molecular weight excluding hydrogens is 568 g/mol. The van der Waals surface area contributed by atoms with Crippen LogP contribution in [0.5, 0.6) is 5.88 Å². The third-order valence-electron chi connectivity index (χ3n) is 8.70. The third-order valence-corrected chi connectivity index (χ3v) is 8.70. The summed E-state index contributed by atoms with van der Waals surface area (Å²) in [7, 11) is 1.38. The van der Waals surface area contributed by atoms with Crippen LogP contribution in [0, 0.1) is 11.3 Å². The second-order valence-corrected chi connectivity index (χ2v) is 11.5. The van der Waals surface area contributed by atoms with Crippen LogP contribution >= 0.6 is 0 Å². The third kappa shape index (κ3) is 5.78. The van der Waals surface area contributed by atoms with Crippen LogP contribution in [-0.4, -0.2) is 45.4 Å². The fourth-order valence-corrected chi connectivity index (χ4v) is 6.11. The molecule has 2 aliphatic rings. The number of fused-ring (bicyclic) bond motifs is 7. The van der Waals surface area contributed by atoms with Crippen LogP contribution in [0.15, 0.2) is 72.8 Å². The van der Waals surface area contributed by atoms with Crippen molar-refractivity contribution in [3.63, 3.8) is 0 Å². The number of hydrogen-bond donors (Lipinski definition) is 1. The molecule has 0 amide bonds. The van der Waals surface area contributed by atoms with Gasteiger partial charge in [-0.1, -0.05) is 24.3 Å². The van der Waals surface area contributed by atoms with Gasteiger partial charge in [-0.15, -0.1) is 0 Å². The fraction of sp³-hybridized carbons (Fsp3) is 0.278. The predicted octanol–water partition coefficient (Wildman–Crippen LogP) is 5.69. The van der Waals surface area contributed by atoms with E-state index < -0.39 is 12.1 Å². The summed E-state index contributed by atoms with van der Waals surface area (Å²) in [5.41, 5.74) is 8.04. The Morgan fingerprint density at radius 2 is 1.96 bits per heavy atom. The molecule has 9 nitrogen and oxygen atoms in total. The highest BCUT2D eigenvalue weighted by atomic mass is 16.5. The lowest BCUT2D eigenvalue weighted by molar-refractivity contribution is -0.0589. The topological polar surface area (TPSA) is 119 Å². The van der Waals surface area contributed by atoms with Gasteiger partial charge in [-0.25, -0.2) is 14.8 Å². The van der Waals surface area contributed by atoms with Gasteiger partial charge in [0.2, 0.25) is 5.88 Å². The number of pyridine rings is 1. The normalized spacial score (nSPS) is 17.4. The van der Waals surface area contributed by atoms with Crippen molar-refractivity contribution in [3.05, 3.63) is 112 Å². The summed E-state index contributed by atoms with van der Waals surface area (Å²) in [6.07, 6.45) is 1.87. The second kappa shape index (κ2) is 12.2. The number of esters is 1. The van der Waals surface area contributed by atoms with Gasteiger partial charge in [-0.3, -0.25) is 0 Å². The molecule has 2 aliphatic heterocycles. The molecule has 0 spiro atoms. The molecule has 9 heteroatoms. The Morgan fingerprint density at radius 3 is 2.76 bits per heavy atom. The zero-order valence-corrected chi connectivity index (χ0v) is 24.9. The first-order valence-electron chi connectivity index (χ1n) is 15.1. The van der Waals surface area contributed by atoms with Gasteiger partial charge in [0.1, 0.15) is 12.4 Å². The van der Waals surface area contributed by atoms with Crippen molar-refractivity contribution in [2.75, 3.05) is 13.7 Å². The van der Waals surface area contributed by atoms with E-state index in [4.69, 9.17) is 24.2 Å². The maximum Gasteiger partial charge on any atom is 0.337 e. The number of methoxy groups -OCH3 is 1. The molecule has 0 saturated carbocycles. The highest BCUT2D eigenvalue weighted by Gasteiger charge is 2.24. The van der Waals surface area contributed by atoms with E-state index in [0.717, 1.165) is 57.8 Å². The Kier molecular flexibility index (Phi) is 7.76. The Morgan fingerprint density at radius 1 is 1.07 bits per heavy atom. The zero-order valence-electron chi connectivity index (χ0n) is 24.9. The minimum absolute atomic E-state index is 0.0911. The maximum atomic E-state index is 12.3. The van der Waals surface area contributed by atoms with E-state index >= 15 is 0 Å². The van der Waals surface area contributed by atoms with E-state index in [0.29, 0.717) is 48.4 Å². The number of rotatable bonds is 5. The van der Waals surface area contributed by atoms with E-state index in [1.165, 1.54) is 7.11 Å². The predicted molar refractivity (Wildman–Crippen MR) is 167 cm³/mol. The number of ether oxygens (including phenoxy) is 3. The molecule has 2 atom stereocenters. The summed E-state index contributed by atoms with van der Waals surface area (Å²) in [5, 5.41) is 20.9. The van der Waals surface area contributed by atoms with Gasteiger partial charge < -0.3 is 23.9 Å². The highest BCUT2D eigenvalue weighted by molar-refractivity contribution is 5.93. The summed E-state index contributed by atoms with van der Waals surface area (Å²) in [6, 6.07) is 25.0. The van der Waals surface area contributed by atoms with Gasteiger partial charge in [0.05, 0.1) is 59.8 Å². The molecule has 3 aromatic carbocycles. The van der Waals surface area contributed by atoms with Crippen molar-refractivity contribution < 1.29 is 24.1 Å². The van der Waals surface area contributed by atoms with Crippen molar-refractivity contribution in [1.29, 1.82) is 5.26 Å². The van der Waals surface area contributed by atoms with Crippen LogP contribution in [0.4, 0.5) is 0 Å². The SMILES string of the molecule is COC(=O)c1ccc2nc(Cc3ccc4cc3CCC(O)c3cc(C#N)ccc3COc3cccc-4n3)n(C[C@@H]3CCO3)c2c1. The number of benzene rings is 3. The first-order valence-corrected chi connectivity index (χ1v) is 15.1. The molecule has 0 aliphatic carbocycles. The van der Waals surface area contributed by atoms with Crippen molar-refractivity contribution in [2.45, 2.75) is 51.0 Å². The Bertz CT molecular complexity index is 1960. The van der Waals surface area contributed by atoms with Crippen LogP contribution < -0.4 is 4.74 Å². The van der Waals surface area contributed by atoms with Gasteiger partial charge >= 0.3 is 5.97 Å². The number of aromatic nitrogens is 3. The largest absolute Gasteiger partial charge is 0.473 e. The molecule has 5 aromatic rings. The standard InChI is InChI=1S/C36H32N4O5/c1-43-36(42)26-9-11-31-32(17-26)40(20-28-13-14-44-28)34(38-31)18-24-7-8-25-16-23(24)10-12-33(41)29-15-22(19-37)5-6-27(29)21-45-35-4-2-3-30(25)39-35/h2-9,11,15-17,28,33,41H,10,12-14,18,20-21H2,1H3/t28-,33?/m0/s1. The number of nitrogens with zero attached hydrogens (tertiary/aromatic N) is 4. The smallest absolute Gasteiger partial charge is 0.337 e. The Labute approximate surface area is 260 Å². The first kappa shape index (κ1) is 28.7. The summed E-state index contributed by atoms with van der Waals surface area (Å²) < 4.78 is 19.0. The lowest BCUT2D eigenvalue weighted by Gasteiger charge is -2.27. The number of carbonyl (C=O) groups is 1. The van der Waals surface area contributed by atoms with Gasteiger partial charge in [0, 0.05) is 24.7 Å². The number of hydrogen-bond acceptors (Lipinski definition) is 8. The monoisotopic (exact) mass is 600 g/mol. The van der Waals surface area contributed by atoms with Gasteiger partial charge in [-0.2, -0.15) is 5.26 Å². The first-order chi connectivity index (χ1) is 22.0. The molecule has 4 heterocycles. The van der Waals surface area contributed by atoms with E-state index in [2.05, 4.69) is 28.8 Å². The molecule has 1 saturated heterocycles. The van der Waals surface area contributed by atoms with Crippen molar-refractivity contribution in [3.8, 4) is 23.2 Å². The Balaban J connectivity index is 1.29. The molecule has 2 aromatic heterocycles. The van der Waals surface area contributed by atoms with E-state index in [9.17, 15) is 15.2 Å². The average molecular weight is 601 g/mol. The minimum atomic E-state index is -0.790.